The predicted molar refractivity (Wildman–Crippen MR) is 62.8 cm³/mol. The fraction of sp³-hybridized carbons (Fsp3) is 0.700. The van der Waals surface area contributed by atoms with Crippen molar-refractivity contribution in [3.63, 3.8) is 0 Å². The molecule has 1 rings (SSSR count). The van der Waals surface area contributed by atoms with Gasteiger partial charge in [0.05, 0.1) is 16.8 Å². The normalized spacial score (nSPS) is 15.3. The molecule has 86 valence electrons. The fourth-order valence-corrected chi connectivity index (χ4v) is 2.45. The lowest BCUT2D eigenvalue weighted by molar-refractivity contribution is 0.196. The van der Waals surface area contributed by atoms with Crippen LogP contribution in [-0.4, -0.2) is 26.2 Å². The van der Waals surface area contributed by atoms with Gasteiger partial charge in [0.1, 0.15) is 0 Å². The van der Waals surface area contributed by atoms with Crippen LogP contribution in [0.25, 0.3) is 0 Å². The van der Waals surface area contributed by atoms with Gasteiger partial charge in [-0.3, -0.25) is 4.68 Å². The van der Waals surface area contributed by atoms with Crippen LogP contribution in [0.3, 0.4) is 0 Å². The van der Waals surface area contributed by atoms with Crippen molar-refractivity contribution in [1.29, 1.82) is 0 Å². The second kappa shape index (κ2) is 5.01. The SMILES string of the molecule is Cc1nn(C)c(SC(C)C(C)O)c1CN. The van der Waals surface area contributed by atoms with Crippen LogP contribution in [-0.2, 0) is 13.6 Å². The van der Waals surface area contributed by atoms with Gasteiger partial charge in [-0.1, -0.05) is 6.92 Å². The zero-order valence-corrected chi connectivity index (χ0v) is 10.5. The first kappa shape index (κ1) is 12.5. The van der Waals surface area contributed by atoms with E-state index in [0.29, 0.717) is 6.54 Å². The third kappa shape index (κ3) is 2.74. The van der Waals surface area contributed by atoms with Gasteiger partial charge in [-0.05, 0) is 13.8 Å². The highest BCUT2D eigenvalue weighted by Gasteiger charge is 2.17. The molecule has 1 aromatic heterocycles. The van der Waals surface area contributed by atoms with Gasteiger partial charge in [0.25, 0.3) is 0 Å². The Morgan fingerprint density at radius 2 is 2.13 bits per heavy atom. The summed E-state index contributed by atoms with van der Waals surface area (Å²) in [7, 11) is 1.91. The minimum absolute atomic E-state index is 0.144. The van der Waals surface area contributed by atoms with Crippen molar-refractivity contribution in [3.8, 4) is 0 Å². The van der Waals surface area contributed by atoms with Gasteiger partial charge < -0.3 is 10.8 Å². The summed E-state index contributed by atoms with van der Waals surface area (Å²) in [6.07, 6.45) is -0.337. The lowest BCUT2D eigenvalue weighted by Gasteiger charge is -2.14. The molecule has 0 saturated heterocycles. The highest BCUT2D eigenvalue weighted by Crippen LogP contribution is 2.29. The van der Waals surface area contributed by atoms with E-state index in [1.807, 2.05) is 25.6 Å². The Bertz CT molecular complexity index is 336. The summed E-state index contributed by atoms with van der Waals surface area (Å²) in [5, 5.41) is 15.0. The number of thioether (sulfide) groups is 1. The van der Waals surface area contributed by atoms with Crippen molar-refractivity contribution in [2.75, 3.05) is 0 Å². The van der Waals surface area contributed by atoms with Crippen LogP contribution in [0.1, 0.15) is 25.1 Å². The summed E-state index contributed by atoms with van der Waals surface area (Å²) in [4.78, 5) is 0. The molecule has 3 N–H and O–H groups in total. The molecule has 5 heteroatoms. The van der Waals surface area contributed by atoms with E-state index in [4.69, 9.17) is 5.73 Å². The van der Waals surface area contributed by atoms with E-state index in [0.717, 1.165) is 16.3 Å². The van der Waals surface area contributed by atoms with Crippen LogP contribution >= 0.6 is 11.8 Å². The minimum Gasteiger partial charge on any atom is -0.392 e. The van der Waals surface area contributed by atoms with E-state index >= 15 is 0 Å². The van der Waals surface area contributed by atoms with Crippen molar-refractivity contribution in [1.82, 2.24) is 9.78 Å². The number of nitrogens with two attached hydrogens (primary N) is 1. The molecular weight excluding hydrogens is 210 g/mol. The van der Waals surface area contributed by atoms with E-state index in [9.17, 15) is 5.11 Å². The standard InChI is InChI=1S/C10H19N3OS/c1-6-9(5-11)10(13(4)12-6)15-8(3)7(2)14/h7-8,14H,5,11H2,1-4H3. The van der Waals surface area contributed by atoms with Crippen LogP contribution in [0.15, 0.2) is 5.03 Å². The van der Waals surface area contributed by atoms with E-state index < -0.39 is 0 Å². The molecule has 15 heavy (non-hydrogen) atoms. The van der Waals surface area contributed by atoms with Crippen LogP contribution in [0.4, 0.5) is 0 Å². The van der Waals surface area contributed by atoms with Gasteiger partial charge in [0.2, 0.25) is 0 Å². The number of aliphatic hydroxyl groups is 1. The quantitative estimate of drug-likeness (QED) is 0.757. The molecule has 2 unspecified atom stereocenters. The van der Waals surface area contributed by atoms with Gasteiger partial charge in [0.15, 0.2) is 0 Å². The number of aryl methyl sites for hydroxylation is 2. The van der Waals surface area contributed by atoms with Crippen LogP contribution in [0, 0.1) is 6.92 Å². The molecule has 0 aliphatic rings. The van der Waals surface area contributed by atoms with Crippen LogP contribution < -0.4 is 5.73 Å². The monoisotopic (exact) mass is 229 g/mol. The lowest BCUT2D eigenvalue weighted by Crippen LogP contribution is -2.16. The predicted octanol–water partition coefficient (Wildman–Crippen LogP) is 1.05. The smallest absolute Gasteiger partial charge is 0.0987 e. The number of hydrogen-bond donors (Lipinski definition) is 2. The average molecular weight is 229 g/mol. The Morgan fingerprint density at radius 1 is 1.53 bits per heavy atom. The maximum absolute atomic E-state index is 9.46. The Kier molecular flexibility index (Phi) is 4.19. The molecule has 0 amide bonds. The average Bonchev–Trinajstić information content (AvgIpc) is 2.41. The summed E-state index contributed by atoms with van der Waals surface area (Å²) in [6.45, 7) is 6.24. The zero-order valence-electron chi connectivity index (χ0n) is 9.69. The highest BCUT2D eigenvalue weighted by atomic mass is 32.2. The van der Waals surface area contributed by atoms with Gasteiger partial charge >= 0.3 is 0 Å². The Hall–Kier alpha value is -0.520. The van der Waals surface area contributed by atoms with Gasteiger partial charge in [-0.15, -0.1) is 11.8 Å². The zero-order chi connectivity index (χ0) is 11.6. The molecule has 2 atom stereocenters. The number of hydrogen-bond acceptors (Lipinski definition) is 4. The summed E-state index contributed by atoms with van der Waals surface area (Å²) in [6, 6.07) is 0. The molecule has 1 aromatic rings. The molecule has 0 bridgehead atoms. The Balaban J connectivity index is 2.93. The first-order valence-electron chi connectivity index (χ1n) is 5.04. The largest absolute Gasteiger partial charge is 0.392 e. The number of aliphatic hydroxyl groups excluding tert-OH is 1. The molecule has 0 aromatic carbocycles. The molecular formula is C10H19N3OS. The third-order valence-electron chi connectivity index (χ3n) is 2.47. The first-order valence-corrected chi connectivity index (χ1v) is 5.92. The van der Waals surface area contributed by atoms with Crippen LogP contribution in [0.5, 0.6) is 0 Å². The van der Waals surface area contributed by atoms with E-state index in [1.54, 1.807) is 18.7 Å². The Morgan fingerprint density at radius 3 is 2.60 bits per heavy atom. The highest BCUT2D eigenvalue weighted by molar-refractivity contribution is 8.00. The van der Waals surface area contributed by atoms with Gasteiger partial charge in [-0.2, -0.15) is 5.10 Å². The number of rotatable bonds is 4. The topological polar surface area (TPSA) is 64.1 Å². The molecule has 1 heterocycles. The summed E-state index contributed by atoms with van der Waals surface area (Å²) in [5.74, 6) is 0. The van der Waals surface area contributed by atoms with Crippen LogP contribution in [0.2, 0.25) is 0 Å². The maximum Gasteiger partial charge on any atom is 0.0987 e. The molecule has 0 saturated carbocycles. The second-order valence-corrected chi connectivity index (χ2v) is 5.13. The molecule has 0 spiro atoms. The fourth-order valence-electron chi connectivity index (χ4n) is 1.34. The van der Waals surface area contributed by atoms with Crippen molar-refractivity contribution in [2.24, 2.45) is 12.8 Å². The lowest BCUT2D eigenvalue weighted by atomic mass is 10.3. The van der Waals surface area contributed by atoms with E-state index in [-0.39, 0.29) is 11.4 Å². The van der Waals surface area contributed by atoms with Crippen molar-refractivity contribution in [3.05, 3.63) is 11.3 Å². The van der Waals surface area contributed by atoms with E-state index in [1.165, 1.54) is 0 Å². The first-order chi connectivity index (χ1) is 6.97. The molecule has 0 radical (unpaired) electrons. The van der Waals surface area contributed by atoms with Crippen molar-refractivity contribution < 1.29 is 5.11 Å². The van der Waals surface area contributed by atoms with E-state index in [2.05, 4.69) is 5.10 Å². The second-order valence-electron chi connectivity index (χ2n) is 3.76. The molecule has 4 nitrogen and oxygen atoms in total. The van der Waals surface area contributed by atoms with Crippen molar-refractivity contribution in [2.45, 2.75) is 43.7 Å². The summed E-state index contributed by atoms with van der Waals surface area (Å²) < 4.78 is 1.83. The maximum atomic E-state index is 9.46. The molecule has 0 aliphatic carbocycles. The van der Waals surface area contributed by atoms with Gasteiger partial charge in [-0.25, -0.2) is 0 Å². The Labute approximate surface area is 94.9 Å². The summed E-state index contributed by atoms with van der Waals surface area (Å²) >= 11 is 1.62. The third-order valence-corrected chi connectivity index (χ3v) is 3.97. The minimum atomic E-state index is -0.337. The van der Waals surface area contributed by atoms with Crippen molar-refractivity contribution >= 4 is 11.8 Å². The van der Waals surface area contributed by atoms with Gasteiger partial charge in [0, 0.05) is 24.4 Å². The number of nitrogens with zero attached hydrogens (tertiary/aromatic N) is 2. The molecule has 0 aliphatic heterocycles. The molecule has 0 fully saturated rings. The number of aromatic nitrogens is 2. The summed E-state index contributed by atoms with van der Waals surface area (Å²) in [5.41, 5.74) is 7.74.